The zero-order chi connectivity index (χ0) is 28.0. The zero-order valence-electron chi connectivity index (χ0n) is 22.4. The molecule has 0 bridgehead atoms. The fourth-order valence-electron chi connectivity index (χ4n) is 4.35. The third-order valence-corrected chi connectivity index (χ3v) is 6.33. The molecular formula is C31H34FNO6. The lowest BCUT2D eigenvalue weighted by atomic mass is 9.95. The van der Waals surface area contributed by atoms with Crippen molar-refractivity contribution in [2.45, 2.75) is 52.1 Å². The van der Waals surface area contributed by atoms with Crippen LogP contribution in [0.3, 0.4) is 0 Å². The highest BCUT2D eigenvalue weighted by Crippen LogP contribution is 2.35. The first-order valence-corrected chi connectivity index (χ1v) is 13.0. The third kappa shape index (κ3) is 7.57. The van der Waals surface area contributed by atoms with Gasteiger partial charge in [0, 0.05) is 18.9 Å². The number of Topliss-reactive ketones (excluding diaryl/α,β-unsaturated/α-hetero) is 1. The summed E-state index contributed by atoms with van der Waals surface area (Å²) in [5.41, 5.74) is 0.892. The predicted octanol–water partition coefficient (Wildman–Crippen LogP) is 5.78. The Balaban J connectivity index is 1.51. The van der Waals surface area contributed by atoms with Gasteiger partial charge >= 0.3 is 6.09 Å². The highest BCUT2D eigenvalue weighted by Gasteiger charge is 2.37. The summed E-state index contributed by atoms with van der Waals surface area (Å²) in [5.74, 6) is -1.84. The van der Waals surface area contributed by atoms with Crippen LogP contribution in [0.4, 0.5) is 9.18 Å². The molecule has 1 N–H and O–H groups in total. The van der Waals surface area contributed by atoms with Crippen molar-refractivity contribution >= 4 is 11.9 Å². The Bertz CT molecular complexity index is 1280. The van der Waals surface area contributed by atoms with Gasteiger partial charge in [-0.1, -0.05) is 60.7 Å². The van der Waals surface area contributed by atoms with Gasteiger partial charge in [-0.25, -0.2) is 9.18 Å². The van der Waals surface area contributed by atoms with E-state index in [4.69, 9.17) is 14.2 Å². The molecular weight excluding hydrogens is 501 g/mol. The summed E-state index contributed by atoms with van der Waals surface area (Å²) in [5, 5.41) is 10.5. The first-order chi connectivity index (χ1) is 18.6. The fraction of sp³-hybridized carbons (Fsp3) is 0.355. The molecule has 2 atom stereocenters. The van der Waals surface area contributed by atoms with Gasteiger partial charge in [-0.05, 0) is 44.0 Å². The molecule has 39 heavy (non-hydrogen) atoms. The number of amides is 1. The summed E-state index contributed by atoms with van der Waals surface area (Å²) in [7, 11) is 0. The van der Waals surface area contributed by atoms with Crippen LogP contribution in [0.2, 0.25) is 0 Å². The van der Waals surface area contributed by atoms with Gasteiger partial charge in [-0.15, -0.1) is 0 Å². The first-order valence-electron chi connectivity index (χ1n) is 13.0. The van der Waals surface area contributed by atoms with E-state index in [2.05, 4.69) is 0 Å². The summed E-state index contributed by atoms with van der Waals surface area (Å²) < 4.78 is 32.9. The Kier molecular flexibility index (Phi) is 8.86. The average Bonchev–Trinajstić information content (AvgIpc) is 3.27. The van der Waals surface area contributed by atoms with Gasteiger partial charge in [0.15, 0.2) is 23.1 Å². The van der Waals surface area contributed by atoms with E-state index in [0.717, 1.165) is 11.1 Å². The number of ether oxygens (including phenoxy) is 3. The summed E-state index contributed by atoms with van der Waals surface area (Å²) in [6.45, 7) is 5.74. The van der Waals surface area contributed by atoms with Crippen molar-refractivity contribution in [2.24, 2.45) is 5.92 Å². The van der Waals surface area contributed by atoms with E-state index in [1.165, 1.54) is 17.0 Å². The smallest absolute Gasteiger partial charge is 0.410 e. The number of rotatable bonds is 9. The number of likely N-dealkylation sites (tertiary alicyclic amines) is 1. The van der Waals surface area contributed by atoms with Gasteiger partial charge in [-0.2, -0.15) is 0 Å². The topological polar surface area (TPSA) is 85.3 Å². The standard InChI is InChI=1S/C31H34FNO6/c1-31(2,3)39-30(36)33-17-23(26(35)18-33)16-25(34)24-14-15-27(37-19-21-10-6-4-7-11-21)29(28(24)32)38-20-22-12-8-5-9-13-22/h4-15,23,26,35H,16-20H2,1-3H3/t23?,26-/m0/s1. The number of hydrogen-bond donors (Lipinski definition) is 1. The number of hydrogen-bond acceptors (Lipinski definition) is 6. The molecule has 206 valence electrons. The van der Waals surface area contributed by atoms with Crippen molar-refractivity contribution in [3.63, 3.8) is 0 Å². The Morgan fingerprint density at radius 1 is 0.897 bits per heavy atom. The molecule has 0 aromatic heterocycles. The van der Waals surface area contributed by atoms with E-state index in [-0.39, 0.29) is 49.8 Å². The molecule has 7 nitrogen and oxygen atoms in total. The van der Waals surface area contributed by atoms with Gasteiger partial charge in [0.25, 0.3) is 0 Å². The van der Waals surface area contributed by atoms with Crippen LogP contribution in [0.15, 0.2) is 72.8 Å². The minimum Gasteiger partial charge on any atom is -0.485 e. The number of β-amino-alcohol motifs (C(OH)–C–C–N with tert-alkyl or cyclic N) is 1. The molecule has 1 heterocycles. The lowest BCUT2D eigenvalue weighted by Gasteiger charge is -2.24. The maximum atomic E-state index is 15.8. The SMILES string of the molecule is CC(C)(C)OC(=O)N1CC(CC(=O)c2ccc(OCc3ccccc3)c(OCc3ccccc3)c2F)[C@@H](O)C1. The number of aliphatic hydroxyl groups excluding tert-OH is 1. The van der Waals surface area contributed by atoms with Crippen molar-refractivity contribution in [3.8, 4) is 11.5 Å². The van der Waals surface area contributed by atoms with Crippen LogP contribution in [-0.2, 0) is 18.0 Å². The molecule has 3 aromatic carbocycles. The monoisotopic (exact) mass is 535 g/mol. The predicted molar refractivity (Wildman–Crippen MR) is 144 cm³/mol. The van der Waals surface area contributed by atoms with Crippen molar-refractivity contribution in [2.75, 3.05) is 13.1 Å². The Hall–Kier alpha value is -3.91. The van der Waals surface area contributed by atoms with E-state index in [1.807, 2.05) is 60.7 Å². The summed E-state index contributed by atoms with van der Waals surface area (Å²) in [6, 6.07) is 21.7. The third-order valence-electron chi connectivity index (χ3n) is 6.33. The molecule has 1 fully saturated rings. The first kappa shape index (κ1) is 28.1. The second-order valence-corrected chi connectivity index (χ2v) is 10.6. The van der Waals surface area contributed by atoms with Crippen LogP contribution in [0.5, 0.6) is 11.5 Å². The molecule has 0 saturated carbocycles. The molecule has 1 unspecified atom stereocenters. The molecule has 1 saturated heterocycles. The van der Waals surface area contributed by atoms with Crippen molar-refractivity contribution in [1.29, 1.82) is 0 Å². The summed E-state index contributed by atoms with van der Waals surface area (Å²) in [4.78, 5) is 27.0. The van der Waals surface area contributed by atoms with Gasteiger partial charge in [0.1, 0.15) is 18.8 Å². The van der Waals surface area contributed by atoms with Gasteiger partial charge < -0.3 is 24.2 Å². The van der Waals surface area contributed by atoms with Gasteiger partial charge in [-0.3, -0.25) is 4.79 Å². The van der Waals surface area contributed by atoms with E-state index in [1.54, 1.807) is 20.8 Å². The molecule has 1 aliphatic rings. The number of nitrogens with zero attached hydrogens (tertiary/aromatic N) is 1. The zero-order valence-corrected chi connectivity index (χ0v) is 22.4. The normalized spacial score (nSPS) is 17.1. The molecule has 1 amide bonds. The Morgan fingerprint density at radius 3 is 2.08 bits per heavy atom. The quantitative estimate of drug-likeness (QED) is 0.350. The maximum absolute atomic E-state index is 15.8. The van der Waals surface area contributed by atoms with Crippen LogP contribution < -0.4 is 9.47 Å². The van der Waals surface area contributed by atoms with Crippen molar-refractivity contribution < 1.29 is 33.3 Å². The molecule has 0 aliphatic carbocycles. The number of halogens is 1. The number of aliphatic hydroxyl groups is 1. The van der Waals surface area contributed by atoms with Gasteiger partial charge in [0.2, 0.25) is 0 Å². The second-order valence-electron chi connectivity index (χ2n) is 10.6. The highest BCUT2D eigenvalue weighted by atomic mass is 19.1. The second kappa shape index (κ2) is 12.3. The number of benzene rings is 3. The number of carbonyl (C=O) groups is 2. The molecule has 4 rings (SSSR count). The number of ketones is 1. The van der Waals surface area contributed by atoms with Crippen LogP contribution >= 0.6 is 0 Å². The largest absolute Gasteiger partial charge is 0.485 e. The van der Waals surface area contributed by atoms with E-state index < -0.39 is 35.3 Å². The molecule has 8 heteroatoms. The van der Waals surface area contributed by atoms with E-state index in [9.17, 15) is 14.7 Å². The molecule has 0 spiro atoms. The van der Waals surface area contributed by atoms with Gasteiger partial charge in [0.05, 0.1) is 18.2 Å². The average molecular weight is 536 g/mol. The highest BCUT2D eigenvalue weighted by molar-refractivity contribution is 5.97. The van der Waals surface area contributed by atoms with Crippen LogP contribution in [0, 0.1) is 11.7 Å². The lowest BCUT2D eigenvalue weighted by Crippen LogP contribution is -2.35. The summed E-state index contributed by atoms with van der Waals surface area (Å²) in [6.07, 6.45) is -1.62. The minimum absolute atomic E-state index is 0.0487. The lowest BCUT2D eigenvalue weighted by molar-refractivity contribution is 0.0269. The van der Waals surface area contributed by atoms with Crippen molar-refractivity contribution in [1.82, 2.24) is 4.90 Å². The van der Waals surface area contributed by atoms with Crippen molar-refractivity contribution in [3.05, 3.63) is 95.3 Å². The molecule has 0 radical (unpaired) electrons. The van der Waals surface area contributed by atoms with E-state index >= 15 is 4.39 Å². The van der Waals surface area contributed by atoms with Crippen LogP contribution in [0.25, 0.3) is 0 Å². The van der Waals surface area contributed by atoms with Crippen LogP contribution in [0.1, 0.15) is 48.7 Å². The molecule has 1 aliphatic heterocycles. The maximum Gasteiger partial charge on any atom is 0.410 e. The van der Waals surface area contributed by atoms with Crippen LogP contribution in [-0.4, -0.2) is 46.7 Å². The Morgan fingerprint density at radius 2 is 1.49 bits per heavy atom. The Labute approximate surface area is 228 Å². The minimum atomic E-state index is -0.924. The number of carbonyl (C=O) groups excluding carboxylic acids is 2. The fourth-order valence-corrected chi connectivity index (χ4v) is 4.35. The van der Waals surface area contributed by atoms with E-state index in [0.29, 0.717) is 0 Å². The molecule has 3 aromatic rings. The summed E-state index contributed by atoms with van der Waals surface area (Å²) >= 11 is 0.